The number of para-hydroxylation sites is 1. The Hall–Kier alpha value is -5.03. The molecule has 0 saturated carbocycles. The molecule has 0 aliphatic carbocycles. The van der Waals surface area contributed by atoms with Crippen molar-refractivity contribution in [2.75, 3.05) is 43.0 Å². The zero-order chi connectivity index (χ0) is 28.3. The molecule has 5 aromatic rings. The van der Waals surface area contributed by atoms with Crippen LogP contribution in [-0.2, 0) is 0 Å². The largest absolute Gasteiger partial charge is 0.384 e. The van der Waals surface area contributed by atoms with Crippen LogP contribution in [-0.4, -0.2) is 79.1 Å². The third kappa shape index (κ3) is 5.66. The summed E-state index contributed by atoms with van der Waals surface area (Å²) < 4.78 is 1.94. The zero-order valence-corrected chi connectivity index (χ0v) is 23.0. The second-order valence-electron chi connectivity index (χ2n) is 10.2. The molecule has 2 aromatic carbocycles. The maximum atomic E-state index is 12.9. The van der Waals surface area contributed by atoms with Crippen LogP contribution in [0.25, 0.3) is 28.0 Å². The standard InChI is InChI=1S/C30H32N10O/c1-20(26-18-39(15-14-38(26)2)30(41)36-23-6-4-3-5-7-23)35-29-33-13-11-28(37-29)40-19-34-24-16-21(8-9-25(24)40)22-10-12-32-27(31)17-22/h3-13,16-17,19-20,26H,14-15,18H2,1-2H3,(H2,31,32)(H,36,41)(H,33,35,37). The quantitative estimate of drug-likeness (QED) is 0.289. The molecule has 41 heavy (non-hydrogen) atoms. The molecule has 4 N–H and O–H groups in total. The third-order valence-electron chi connectivity index (χ3n) is 7.49. The average Bonchev–Trinajstić information content (AvgIpc) is 3.41. The van der Waals surface area contributed by atoms with Crippen LogP contribution in [0.15, 0.2) is 85.5 Å². The highest BCUT2D eigenvalue weighted by Crippen LogP contribution is 2.26. The predicted molar refractivity (Wildman–Crippen MR) is 161 cm³/mol. The lowest BCUT2D eigenvalue weighted by atomic mass is 10.1. The highest BCUT2D eigenvalue weighted by atomic mass is 16.2. The molecular weight excluding hydrogens is 516 g/mol. The van der Waals surface area contributed by atoms with E-state index in [1.54, 1.807) is 18.7 Å². The first-order valence-corrected chi connectivity index (χ1v) is 13.5. The molecule has 208 valence electrons. The lowest BCUT2D eigenvalue weighted by Gasteiger charge is -2.42. The summed E-state index contributed by atoms with van der Waals surface area (Å²) in [4.78, 5) is 35.0. The van der Waals surface area contributed by atoms with Crippen LogP contribution in [0.3, 0.4) is 0 Å². The molecule has 2 amide bonds. The zero-order valence-electron chi connectivity index (χ0n) is 23.0. The summed E-state index contributed by atoms with van der Waals surface area (Å²) >= 11 is 0. The van der Waals surface area contributed by atoms with Crippen LogP contribution in [0.2, 0.25) is 0 Å². The highest BCUT2D eigenvalue weighted by molar-refractivity contribution is 5.89. The number of anilines is 3. The molecule has 2 atom stereocenters. The van der Waals surface area contributed by atoms with Gasteiger partial charge in [-0.3, -0.25) is 9.47 Å². The van der Waals surface area contributed by atoms with Crippen molar-refractivity contribution >= 4 is 34.5 Å². The van der Waals surface area contributed by atoms with Gasteiger partial charge in [0.15, 0.2) is 0 Å². The molecule has 0 spiro atoms. The number of urea groups is 1. The van der Waals surface area contributed by atoms with Crippen molar-refractivity contribution in [3.05, 3.63) is 85.5 Å². The number of nitrogen functional groups attached to an aromatic ring is 1. The Morgan fingerprint density at radius 3 is 2.61 bits per heavy atom. The molecule has 3 aromatic heterocycles. The smallest absolute Gasteiger partial charge is 0.321 e. The summed E-state index contributed by atoms with van der Waals surface area (Å²) in [6, 6.07) is 21.2. The third-order valence-corrected chi connectivity index (χ3v) is 7.49. The van der Waals surface area contributed by atoms with Crippen molar-refractivity contribution < 1.29 is 4.79 Å². The Bertz CT molecular complexity index is 1670. The molecule has 6 rings (SSSR count). The summed E-state index contributed by atoms with van der Waals surface area (Å²) in [5.41, 5.74) is 10.4. The molecule has 1 saturated heterocycles. The average molecular weight is 549 g/mol. The van der Waals surface area contributed by atoms with Crippen LogP contribution in [0.4, 0.5) is 22.2 Å². The monoisotopic (exact) mass is 548 g/mol. The lowest BCUT2D eigenvalue weighted by Crippen LogP contribution is -2.59. The summed E-state index contributed by atoms with van der Waals surface area (Å²) in [6.45, 7) is 4.11. The van der Waals surface area contributed by atoms with Gasteiger partial charge < -0.3 is 21.3 Å². The van der Waals surface area contributed by atoms with Crippen molar-refractivity contribution in [1.29, 1.82) is 0 Å². The summed E-state index contributed by atoms with van der Waals surface area (Å²) in [7, 11) is 2.08. The fourth-order valence-corrected chi connectivity index (χ4v) is 5.20. The highest BCUT2D eigenvalue weighted by Gasteiger charge is 2.31. The number of carbonyl (C=O) groups is 1. The molecule has 0 radical (unpaired) electrons. The van der Waals surface area contributed by atoms with E-state index in [4.69, 9.17) is 10.7 Å². The molecule has 11 nitrogen and oxygen atoms in total. The van der Waals surface area contributed by atoms with Gasteiger partial charge in [-0.05, 0) is 67.6 Å². The molecule has 1 aliphatic rings. The van der Waals surface area contributed by atoms with E-state index in [0.29, 0.717) is 30.7 Å². The number of nitrogens with one attached hydrogen (secondary N) is 2. The van der Waals surface area contributed by atoms with Gasteiger partial charge in [0.1, 0.15) is 18.0 Å². The van der Waals surface area contributed by atoms with Gasteiger partial charge in [0.2, 0.25) is 5.95 Å². The number of amides is 2. The van der Waals surface area contributed by atoms with E-state index in [1.807, 2.05) is 76.2 Å². The maximum absolute atomic E-state index is 12.9. The number of pyridine rings is 1. The Morgan fingerprint density at radius 2 is 1.78 bits per heavy atom. The summed E-state index contributed by atoms with van der Waals surface area (Å²) in [5.74, 6) is 1.70. The van der Waals surface area contributed by atoms with Crippen LogP contribution in [0.1, 0.15) is 6.92 Å². The van der Waals surface area contributed by atoms with E-state index in [2.05, 4.69) is 44.5 Å². The van der Waals surface area contributed by atoms with Gasteiger partial charge in [0, 0.05) is 49.8 Å². The first-order valence-electron chi connectivity index (χ1n) is 13.5. The predicted octanol–water partition coefficient (Wildman–Crippen LogP) is 4.11. The maximum Gasteiger partial charge on any atom is 0.321 e. The summed E-state index contributed by atoms with van der Waals surface area (Å²) in [6.07, 6.45) is 5.20. The number of fused-ring (bicyclic) bond motifs is 1. The first kappa shape index (κ1) is 26.2. The second kappa shape index (κ2) is 11.2. The number of aromatic nitrogens is 5. The number of hydrogen-bond acceptors (Lipinski definition) is 8. The van der Waals surface area contributed by atoms with E-state index in [1.165, 1.54) is 0 Å². The van der Waals surface area contributed by atoms with Crippen LogP contribution in [0.5, 0.6) is 0 Å². The molecule has 11 heteroatoms. The molecule has 1 aliphatic heterocycles. The minimum Gasteiger partial charge on any atom is -0.384 e. The topological polar surface area (TPSA) is 130 Å². The van der Waals surface area contributed by atoms with Gasteiger partial charge in [0.05, 0.1) is 11.0 Å². The number of imidazole rings is 1. The minimum absolute atomic E-state index is 0.0162. The molecule has 4 heterocycles. The second-order valence-corrected chi connectivity index (χ2v) is 10.2. The van der Waals surface area contributed by atoms with Crippen molar-refractivity contribution in [2.24, 2.45) is 0 Å². The minimum atomic E-state index is -0.0951. The number of piperazine rings is 1. The van der Waals surface area contributed by atoms with Crippen molar-refractivity contribution in [2.45, 2.75) is 19.0 Å². The number of carbonyl (C=O) groups excluding carboxylic acids is 1. The van der Waals surface area contributed by atoms with Crippen molar-refractivity contribution in [3.63, 3.8) is 0 Å². The number of benzene rings is 2. The van der Waals surface area contributed by atoms with Crippen molar-refractivity contribution in [1.82, 2.24) is 34.3 Å². The van der Waals surface area contributed by atoms with Crippen LogP contribution < -0.4 is 16.4 Å². The number of nitrogens with zero attached hydrogens (tertiary/aromatic N) is 7. The number of rotatable bonds is 6. The van der Waals surface area contributed by atoms with Gasteiger partial charge >= 0.3 is 6.03 Å². The van der Waals surface area contributed by atoms with E-state index in [-0.39, 0.29) is 18.1 Å². The Balaban J connectivity index is 1.16. The van der Waals surface area contributed by atoms with E-state index in [0.717, 1.165) is 34.4 Å². The van der Waals surface area contributed by atoms with Gasteiger partial charge in [-0.15, -0.1) is 0 Å². The fourth-order valence-electron chi connectivity index (χ4n) is 5.20. The number of nitrogens with two attached hydrogens (primary N) is 1. The van der Waals surface area contributed by atoms with Gasteiger partial charge in [0.25, 0.3) is 0 Å². The molecule has 0 bridgehead atoms. The number of likely N-dealkylation sites (N-methyl/N-ethyl adjacent to an activating group) is 1. The number of hydrogen-bond donors (Lipinski definition) is 3. The summed E-state index contributed by atoms with van der Waals surface area (Å²) in [5, 5.41) is 6.46. The Kier molecular flexibility index (Phi) is 7.17. The fraction of sp³-hybridized carbons (Fsp3) is 0.233. The Morgan fingerprint density at radius 1 is 0.976 bits per heavy atom. The van der Waals surface area contributed by atoms with Gasteiger partial charge in [-0.1, -0.05) is 24.3 Å². The molecule has 1 fully saturated rings. The normalized spacial score (nSPS) is 16.4. The first-order chi connectivity index (χ1) is 19.9. The lowest BCUT2D eigenvalue weighted by molar-refractivity contribution is 0.108. The van der Waals surface area contributed by atoms with Gasteiger partial charge in [-0.2, -0.15) is 4.98 Å². The van der Waals surface area contributed by atoms with Crippen LogP contribution >= 0.6 is 0 Å². The SMILES string of the molecule is CC(Nc1nccc(-n2cnc3cc(-c4ccnc(N)c4)ccc32)n1)C1CN(C(=O)Nc2ccccc2)CCN1C. The van der Waals surface area contributed by atoms with E-state index in [9.17, 15) is 4.79 Å². The van der Waals surface area contributed by atoms with Crippen LogP contribution in [0, 0.1) is 0 Å². The van der Waals surface area contributed by atoms with E-state index < -0.39 is 0 Å². The van der Waals surface area contributed by atoms with Gasteiger partial charge in [-0.25, -0.2) is 19.7 Å². The van der Waals surface area contributed by atoms with E-state index >= 15 is 0 Å². The molecule has 2 unspecified atom stereocenters. The van der Waals surface area contributed by atoms with Crippen molar-refractivity contribution in [3.8, 4) is 16.9 Å². The molecular formula is C30H32N10O. The Labute approximate surface area is 238 Å².